The van der Waals surface area contributed by atoms with Gasteiger partial charge in [0, 0.05) is 18.3 Å². The second kappa shape index (κ2) is 4.27. The molecule has 0 spiro atoms. The average molecular weight is 220 g/mol. The lowest BCUT2D eigenvalue weighted by atomic mass is 10.3. The zero-order valence-electron chi connectivity index (χ0n) is 8.40. The predicted octanol–water partition coefficient (Wildman–Crippen LogP) is 2.04. The largest absolute Gasteiger partial charge is 0.368 e. The summed E-state index contributed by atoms with van der Waals surface area (Å²) in [5.41, 5.74) is 7.76. The van der Waals surface area contributed by atoms with Gasteiger partial charge in [-0.25, -0.2) is 4.98 Å². The van der Waals surface area contributed by atoms with Gasteiger partial charge in [-0.1, -0.05) is 0 Å². The highest BCUT2D eigenvalue weighted by atomic mass is 32.1. The Balaban J connectivity index is 2.07. The van der Waals surface area contributed by atoms with Crippen LogP contribution in [0.1, 0.15) is 11.1 Å². The Kier molecular flexibility index (Phi) is 2.82. The molecule has 5 heteroatoms. The molecular weight excluding hydrogens is 208 g/mol. The van der Waals surface area contributed by atoms with E-state index in [0.717, 1.165) is 17.9 Å². The van der Waals surface area contributed by atoms with Gasteiger partial charge >= 0.3 is 0 Å². The third-order valence-corrected chi connectivity index (χ3v) is 2.76. The highest BCUT2D eigenvalue weighted by molar-refractivity contribution is 7.07. The highest BCUT2D eigenvalue weighted by Gasteiger charge is 2.01. The fourth-order valence-electron chi connectivity index (χ4n) is 1.21. The van der Waals surface area contributed by atoms with Gasteiger partial charge < -0.3 is 11.1 Å². The number of nitrogens with one attached hydrogen (secondary N) is 1. The first kappa shape index (κ1) is 9.92. The van der Waals surface area contributed by atoms with Crippen LogP contribution in [-0.2, 0) is 6.54 Å². The van der Waals surface area contributed by atoms with Gasteiger partial charge in [-0.2, -0.15) is 16.3 Å². The van der Waals surface area contributed by atoms with Crippen LogP contribution < -0.4 is 11.1 Å². The number of aryl methyl sites for hydroxylation is 1. The quantitative estimate of drug-likeness (QED) is 0.830. The molecule has 3 N–H and O–H groups in total. The maximum Gasteiger partial charge on any atom is 0.221 e. The number of nitrogens with zero attached hydrogens (tertiary/aromatic N) is 2. The summed E-state index contributed by atoms with van der Waals surface area (Å²) < 4.78 is 0. The predicted molar refractivity (Wildman–Crippen MR) is 62.8 cm³/mol. The molecule has 0 saturated carbocycles. The first-order valence-corrected chi connectivity index (χ1v) is 5.54. The summed E-state index contributed by atoms with van der Waals surface area (Å²) in [5, 5.41) is 7.39. The zero-order chi connectivity index (χ0) is 10.7. The molecule has 2 aromatic heterocycles. The lowest BCUT2D eigenvalue weighted by Crippen LogP contribution is -2.05. The SMILES string of the molecule is Cc1cnc(N)nc1NCc1ccsc1. The van der Waals surface area contributed by atoms with E-state index in [0.29, 0.717) is 5.95 Å². The minimum absolute atomic E-state index is 0.299. The van der Waals surface area contributed by atoms with Crippen LogP contribution in [-0.4, -0.2) is 9.97 Å². The van der Waals surface area contributed by atoms with E-state index in [-0.39, 0.29) is 0 Å². The third-order valence-electron chi connectivity index (χ3n) is 2.03. The van der Waals surface area contributed by atoms with Crippen LogP contribution in [0.3, 0.4) is 0 Å². The summed E-state index contributed by atoms with van der Waals surface area (Å²) in [4.78, 5) is 8.04. The van der Waals surface area contributed by atoms with Crippen molar-refractivity contribution in [2.45, 2.75) is 13.5 Å². The number of hydrogen-bond acceptors (Lipinski definition) is 5. The minimum Gasteiger partial charge on any atom is -0.368 e. The van der Waals surface area contributed by atoms with E-state index >= 15 is 0 Å². The summed E-state index contributed by atoms with van der Waals surface area (Å²) in [6.07, 6.45) is 1.72. The smallest absolute Gasteiger partial charge is 0.221 e. The number of rotatable bonds is 3. The Morgan fingerprint density at radius 1 is 1.53 bits per heavy atom. The van der Waals surface area contributed by atoms with Crippen molar-refractivity contribution in [3.05, 3.63) is 34.2 Å². The molecule has 4 nitrogen and oxygen atoms in total. The second-order valence-electron chi connectivity index (χ2n) is 3.24. The molecule has 2 aromatic rings. The van der Waals surface area contributed by atoms with Crippen molar-refractivity contribution in [3.63, 3.8) is 0 Å². The number of hydrogen-bond donors (Lipinski definition) is 2. The molecule has 2 heterocycles. The Bertz CT molecular complexity index is 439. The number of nitrogen functional groups attached to an aromatic ring is 1. The first-order valence-electron chi connectivity index (χ1n) is 4.60. The molecule has 0 aliphatic rings. The maximum atomic E-state index is 5.52. The van der Waals surface area contributed by atoms with E-state index in [2.05, 4.69) is 32.1 Å². The summed E-state index contributed by atoms with van der Waals surface area (Å²) in [6.45, 7) is 2.72. The number of nitrogens with two attached hydrogens (primary N) is 1. The lowest BCUT2D eigenvalue weighted by Gasteiger charge is -2.07. The average Bonchev–Trinajstić information content (AvgIpc) is 2.72. The van der Waals surface area contributed by atoms with Crippen LogP contribution in [0, 0.1) is 6.92 Å². The molecular formula is C10H12N4S. The van der Waals surface area contributed by atoms with Crippen LogP contribution in [0.15, 0.2) is 23.0 Å². The van der Waals surface area contributed by atoms with E-state index in [9.17, 15) is 0 Å². The molecule has 0 amide bonds. The summed E-state index contributed by atoms with van der Waals surface area (Å²) in [7, 11) is 0. The number of aromatic nitrogens is 2. The molecule has 0 aliphatic heterocycles. The van der Waals surface area contributed by atoms with Gasteiger partial charge in [0.05, 0.1) is 0 Å². The minimum atomic E-state index is 0.299. The zero-order valence-corrected chi connectivity index (χ0v) is 9.21. The lowest BCUT2D eigenvalue weighted by molar-refractivity contribution is 1.07. The fraction of sp³-hybridized carbons (Fsp3) is 0.200. The molecule has 15 heavy (non-hydrogen) atoms. The van der Waals surface area contributed by atoms with Crippen molar-refractivity contribution in [3.8, 4) is 0 Å². The molecule has 0 bridgehead atoms. The van der Waals surface area contributed by atoms with Gasteiger partial charge in [0.25, 0.3) is 0 Å². The van der Waals surface area contributed by atoms with Crippen LogP contribution in [0.25, 0.3) is 0 Å². The summed E-state index contributed by atoms with van der Waals surface area (Å²) in [6, 6.07) is 2.08. The number of anilines is 2. The van der Waals surface area contributed by atoms with Crippen molar-refractivity contribution in [2.75, 3.05) is 11.1 Å². The van der Waals surface area contributed by atoms with Crippen molar-refractivity contribution >= 4 is 23.1 Å². The first-order chi connectivity index (χ1) is 7.25. The Morgan fingerprint density at radius 2 is 2.40 bits per heavy atom. The van der Waals surface area contributed by atoms with Gasteiger partial charge in [0.2, 0.25) is 5.95 Å². The van der Waals surface area contributed by atoms with Gasteiger partial charge in [-0.15, -0.1) is 0 Å². The molecule has 78 valence electrons. The molecule has 0 fully saturated rings. The number of thiophene rings is 1. The van der Waals surface area contributed by atoms with E-state index in [1.807, 2.05) is 6.92 Å². The van der Waals surface area contributed by atoms with Gasteiger partial charge in [-0.3, -0.25) is 0 Å². The summed E-state index contributed by atoms with van der Waals surface area (Å²) >= 11 is 1.68. The van der Waals surface area contributed by atoms with Crippen LogP contribution in [0.2, 0.25) is 0 Å². The Hall–Kier alpha value is -1.62. The third kappa shape index (κ3) is 2.44. The molecule has 0 aliphatic carbocycles. The maximum absolute atomic E-state index is 5.52. The van der Waals surface area contributed by atoms with Crippen molar-refractivity contribution in [1.82, 2.24) is 9.97 Å². The standard InChI is InChI=1S/C10H12N4S/c1-7-4-13-10(11)14-9(7)12-5-8-2-3-15-6-8/h2-4,6H,5H2,1H3,(H3,11,12,13,14). The Morgan fingerprint density at radius 3 is 3.13 bits per heavy atom. The van der Waals surface area contributed by atoms with Gasteiger partial charge in [0.1, 0.15) is 5.82 Å². The van der Waals surface area contributed by atoms with Crippen LogP contribution >= 0.6 is 11.3 Å². The van der Waals surface area contributed by atoms with E-state index in [4.69, 9.17) is 5.73 Å². The van der Waals surface area contributed by atoms with Crippen molar-refractivity contribution in [2.24, 2.45) is 0 Å². The molecule has 2 rings (SSSR count). The monoisotopic (exact) mass is 220 g/mol. The normalized spacial score (nSPS) is 10.2. The van der Waals surface area contributed by atoms with E-state index in [1.54, 1.807) is 17.5 Å². The van der Waals surface area contributed by atoms with Gasteiger partial charge in [-0.05, 0) is 29.3 Å². The van der Waals surface area contributed by atoms with Crippen LogP contribution in [0.4, 0.5) is 11.8 Å². The molecule has 0 unspecified atom stereocenters. The topological polar surface area (TPSA) is 63.8 Å². The van der Waals surface area contributed by atoms with Gasteiger partial charge in [0.15, 0.2) is 0 Å². The molecule has 0 atom stereocenters. The summed E-state index contributed by atoms with van der Waals surface area (Å²) in [5.74, 6) is 1.10. The van der Waals surface area contributed by atoms with Crippen molar-refractivity contribution in [1.29, 1.82) is 0 Å². The molecule has 0 radical (unpaired) electrons. The Labute approximate surface area is 92.2 Å². The molecule has 0 aromatic carbocycles. The fourth-order valence-corrected chi connectivity index (χ4v) is 1.88. The highest BCUT2D eigenvalue weighted by Crippen LogP contribution is 2.13. The van der Waals surface area contributed by atoms with E-state index < -0.39 is 0 Å². The molecule has 0 saturated heterocycles. The second-order valence-corrected chi connectivity index (χ2v) is 4.03. The van der Waals surface area contributed by atoms with E-state index in [1.165, 1.54) is 5.56 Å². The van der Waals surface area contributed by atoms with Crippen molar-refractivity contribution < 1.29 is 0 Å². The van der Waals surface area contributed by atoms with Crippen LogP contribution in [0.5, 0.6) is 0 Å².